The molecule has 0 radical (unpaired) electrons. The third-order valence-electron chi connectivity index (χ3n) is 4.93. The maximum Gasteiger partial charge on any atom is 0.289 e. The van der Waals surface area contributed by atoms with Gasteiger partial charge in [-0.15, -0.1) is 0 Å². The van der Waals surface area contributed by atoms with E-state index in [1.165, 1.54) is 42.5 Å². The molecule has 33 heavy (non-hydrogen) atoms. The van der Waals surface area contributed by atoms with E-state index in [1.54, 1.807) is 13.0 Å². The van der Waals surface area contributed by atoms with Crippen LogP contribution in [-0.4, -0.2) is 46.5 Å². The Bertz CT molecular complexity index is 1330. The summed E-state index contributed by atoms with van der Waals surface area (Å²) in [4.78, 5) is 42.4. The van der Waals surface area contributed by atoms with Crippen molar-refractivity contribution in [2.75, 3.05) is 18.6 Å². The zero-order valence-electron chi connectivity index (χ0n) is 17.5. The maximum atomic E-state index is 14.4. The first kappa shape index (κ1) is 22.1. The number of aryl methyl sites for hydroxylation is 1. The number of hydrogen-bond donors (Lipinski definition) is 1. The van der Waals surface area contributed by atoms with Crippen molar-refractivity contribution in [3.63, 3.8) is 0 Å². The number of amides is 2. The first-order chi connectivity index (χ1) is 15.8. The predicted octanol–water partition coefficient (Wildman–Crippen LogP) is 3.34. The number of anilines is 1. The molecule has 9 nitrogen and oxygen atoms in total. The number of likely N-dealkylation sites (N-methyl/N-ethyl adjacent to an activating group) is 1. The molecule has 0 aliphatic carbocycles. The lowest BCUT2D eigenvalue weighted by molar-refractivity contribution is -0.120. The van der Waals surface area contributed by atoms with Crippen LogP contribution in [0.5, 0.6) is 5.75 Å². The molecule has 3 aromatic rings. The van der Waals surface area contributed by atoms with Crippen LogP contribution in [0.1, 0.15) is 16.2 Å². The lowest BCUT2D eigenvalue weighted by Crippen LogP contribution is -2.49. The van der Waals surface area contributed by atoms with Crippen molar-refractivity contribution in [2.45, 2.75) is 13.0 Å². The fourth-order valence-corrected chi connectivity index (χ4v) is 3.43. The molecule has 1 aliphatic heterocycles. The van der Waals surface area contributed by atoms with Crippen molar-refractivity contribution in [2.24, 2.45) is 0 Å². The molecule has 0 bridgehead atoms. The minimum Gasteiger partial charge on any atom is -0.488 e. The van der Waals surface area contributed by atoms with Crippen LogP contribution < -0.4 is 15.0 Å². The molecule has 0 spiro atoms. The molecule has 11 heteroatoms. The number of ether oxygens (including phenoxy) is 1. The molecule has 4 rings (SSSR count). The smallest absolute Gasteiger partial charge is 0.289 e. The first-order valence-corrected chi connectivity index (χ1v) is 10.0. The average Bonchev–Trinajstić information content (AvgIpc) is 2.91. The topological polar surface area (TPSA) is 102 Å². The summed E-state index contributed by atoms with van der Waals surface area (Å²) in [6, 6.07) is 4.93. The summed E-state index contributed by atoms with van der Waals surface area (Å²) in [5.41, 5.74) is 1.14. The molecular formula is C22H16ClFN6O3. The Morgan fingerprint density at radius 1 is 1.33 bits per heavy atom. The van der Waals surface area contributed by atoms with Gasteiger partial charge in [-0.2, -0.15) is 0 Å². The van der Waals surface area contributed by atoms with E-state index in [2.05, 4.69) is 25.1 Å². The standard InChI is InChI=1S/C22H16ClFN6O3/c1-11-4-5-13(15(24)6-11)18-14(23)9-26-19(29-18)21(31)28-16-10-33-17-7-12(25-2)8-27-20(17)30(3)22(16)32/h4-9,16H,10H2,1,3H3,(H,28,31)/t16-/m0/s1. The number of nitrogens with one attached hydrogen (secondary N) is 1. The Balaban J connectivity index is 1.58. The van der Waals surface area contributed by atoms with Crippen LogP contribution in [0.3, 0.4) is 0 Å². The number of nitrogens with zero attached hydrogens (tertiary/aromatic N) is 5. The summed E-state index contributed by atoms with van der Waals surface area (Å²) in [5, 5.41) is 2.60. The molecule has 0 saturated carbocycles. The summed E-state index contributed by atoms with van der Waals surface area (Å²) in [7, 11) is 1.48. The van der Waals surface area contributed by atoms with E-state index in [0.717, 1.165) is 5.56 Å². The Morgan fingerprint density at radius 3 is 2.85 bits per heavy atom. The molecule has 166 valence electrons. The third kappa shape index (κ3) is 4.31. The van der Waals surface area contributed by atoms with Crippen molar-refractivity contribution < 1.29 is 18.7 Å². The van der Waals surface area contributed by atoms with Crippen LogP contribution in [0, 0.1) is 19.3 Å². The van der Waals surface area contributed by atoms with Crippen LogP contribution in [-0.2, 0) is 4.79 Å². The number of carbonyl (C=O) groups excluding carboxylic acids is 2. The van der Waals surface area contributed by atoms with Crippen LogP contribution >= 0.6 is 11.6 Å². The summed E-state index contributed by atoms with van der Waals surface area (Å²) in [5.74, 6) is -1.61. The minimum absolute atomic E-state index is 0.0538. The van der Waals surface area contributed by atoms with Gasteiger partial charge in [0.25, 0.3) is 11.8 Å². The van der Waals surface area contributed by atoms with Crippen LogP contribution in [0.4, 0.5) is 15.9 Å². The first-order valence-electron chi connectivity index (χ1n) is 9.66. The number of rotatable bonds is 3. The zero-order chi connectivity index (χ0) is 23.7. The highest BCUT2D eigenvalue weighted by molar-refractivity contribution is 6.33. The fourth-order valence-electron chi connectivity index (χ4n) is 3.23. The van der Waals surface area contributed by atoms with E-state index in [9.17, 15) is 14.0 Å². The second kappa shape index (κ2) is 8.80. The van der Waals surface area contributed by atoms with E-state index in [-0.39, 0.29) is 46.0 Å². The Morgan fingerprint density at radius 2 is 2.12 bits per heavy atom. The monoisotopic (exact) mass is 466 g/mol. The number of aromatic nitrogens is 3. The normalized spacial score (nSPS) is 15.2. The van der Waals surface area contributed by atoms with Crippen LogP contribution in [0.15, 0.2) is 36.7 Å². The Hall–Kier alpha value is -4.10. The molecule has 1 aliphatic rings. The Labute approximate surface area is 193 Å². The predicted molar refractivity (Wildman–Crippen MR) is 118 cm³/mol. The maximum absolute atomic E-state index is 14.4. The van der Waals surface area contributed by atoms with Gasteiger partial charge in [-0.3, -0.25) is 14.5 Å². The molecule has 1 N–H and O–H groups in total. The summed E-state index contributed by atoms with van der Waals surface area (Å²) < 4.78 is 20.1. The number of benzene rings is 1. The molecule has 1 atom stereocenters. The van der Waals surface area contributed by atoms with Gasteiger partial charge in [-0.25, -0.2) is 24.2 Å². The largest absolute Gasteiger partial charge is 0.488 e. The van der Waals surface area contributed by atoms with Crippen molar-refractivity contribution in [1.29, 1.82) is 0 Å². The fraction of sp³-hybridized carbons (Fsp3) is 0.182. The SMILES string of the molecule is [C-]#[N+]c1cnc2c(c1)OC[C@H](NC(=O)c1ncc(Cl)c(-c3ccc(C)cc3F)n1)C(=O)N2C. The van der Waals surface area contributed by atoms with E-state index in [1.807, 2.05) is 0 Å². The number of hydrogen-bond acceptors (Lipinski definition) is 6. The van der Waals surface area contributed by atoms with Gasteiger partial charge in [0.05, 0.1) is 23.5 Å². The number of fused-ring (bicyclic) bond motifs is 1. The molecule has 1 aromatic carbocycles. The molecule has 3 heterocycles. The molecule has 2 amide bonds. The van der Waals surface area contributed by atoms with Gasteiger partial charge in [0.15, 0.2) is 11.6 Å². The molecule has 0 unspecified atom stereocenters. The van der Waals surface area contributed by atoms with Gasteiger partial charge in [0.1, 0.15) is 18.5 Å². The van der Waals surface area contributed by atoms with Crippen molar-refractivity contribution in [3.05, 3.63) is 70.3 Å². The van der Waals surface area contributed by atoms with E-state index < -0.39 is 23.7 Å². The second-order valence-electron chi connectivity index (χ2n) is 7.23. The number of carbonyl (C=O) groups is 2. The Kier molecular flexibility index (Phi) is 5.89. The number of pyridine rings is 1. The zero-order valence-corrected chi connectivity index (χ0v) is 18.2. The molecule has 2 aromatic heterocycles. The van der Waals surface area contributed by atoms with Crippen molar-refractivity contribution in [1.82, 2.24) is 20.3 Å². The van der Waals surface area contributed by atoms with Crippen LogP contribution in [0.25, 0.3) is 16.1 Å². The minimum atomic E-state index is -1.08. The molecule has 0 fully saturated rings. The van der Waals surface area contributed by atoms with E-state index >= 15 is 0 Å². The van der Waals surface area contributed by atoms with E-state index in [0.29, 0.717) is 0 Å². The van der Waals surface area contributed by atoms with Gasteiger partial charge in [0.2, 0.25) is 11.5 Å². The summed E-state index contributed by atoms with van der Waals surface area (Å²) in [6.45, 7) is 8.64. The average molecular weight is 467 g/mol. The van der Waals surface area contributed by atoms with Gasteiger partial charge in [-0.1, -0.05) is 17.7 Å². The lowest BCUT2D eigenvalue weighted by atomic mass is 10.1. The van der Waals surface area contributed by atoms with Crippen molar-refractivity contribution >= 4 is 34.9 Å². The molecular weight excluding hydrogens is 451 g/mol. The molecule has 0 saturated heterocycles. The van der Waals surface area contributed by atoms with Crippen molar-refractivity contribution in [3.8, 4) is 17.0 Å². The number of halogens is 2. The summed E-state index contributed by atoms with van der Waals surface area (Å²) >= 11 is 6.15. The van der Waals surface area contributed by atoms with Crippen LogP contribution in [0.2, 0.25) is 5.02 Å². The highest BCUT2D eigenvalue weighted by Crippen LogP contribution is 2.32. The van der Waals surface area contributed by atoms with Gasteiger partial charge in [-0.05, 0) is 30.7 Å². The second-order valence-corrected chi connectivity index (χ2v) is 7.64. The highest BCUT2D eigenvalue weighted by atomic mass is 35.5. The van der Waals surface area contributed by atoms with Gasteiger partial charge in [0, 0.05) is 18.8 Å². The highest BCUT2D eigenvalue weighted by Gasteiger charge is 2.32. The van der Waals surface area contributed by atoms with E-state index in [4.69, 9.17) is 22.9 Å². The van der Waals surface area contributed by atoms with Gasteiger partial charge >= 0.3 is 0 Å². The lowest BCUT2D eigenvalue weighted by Gasteiger charge is -2.19. The quantitative estimate of drug-likeness (QED) is 0.594. The third-order valence-corrected chi connectivity index (χ3v) is 5.21. The summed E-state index contributed by atoms with van der Waals surface area (Å²) in [6.07, 6.45) is 2.52. The van der Waals surface area contributed by atoms with Gasteiger partial charge < -0.3 is 10.1 Å².